The molecule has 0 atom stereocenters. The molecule has 2 rings (SSSR count). The molecule has 7 heteroatoms. The molecule has 1 aromatic carbocycles. The summed E-state index contributed by atoms with van der Waals surface area (Å²) >= 11 is 0. The second-order valence-electron chi connectivity index (χ2n) is 4.74. The van der Waals surface area contributed by atoms with Crippen LogP contribution in [0.2, 0.25) is 0 Å². The van der Waals surface area contributed by atoms with E-state index in [4.69, 9.17) is 14.2 Å². The lowest BCUT2D eigenvalue weighted by molar-refractivity contribution is 0.288. The molecule has 0 saturated heterocycles. The molecule has 0 spiro atoms. The Balaban J connectivity index is 0.00000242. The number of halogens is 1. The van der Waals surface area contributed by atoms with Crippen molar-refractivity contribution < 1.29 is 14.2 Å². The first kappa shape index (κ1) is 18.7. The van der Waals surface area contributed by atoms with E-state index in [1.54, 1.807) is 14.2 Å². The SMILES string of the molecule is CCOc1c(OC)cc(CNC2=NCCN2C)cc1OC.I. The van der Waals surface area contributed by atoms with Gasteiger partial charge in [0.25, 0.3) is 0 Å². The third kappa shape index (κ3) is 4.31. The van der Waals surface area contributed by atoms with Crippen LogP contribution in [-0.4, -0.2) is 51.8 Å². The minimum atomic E-state index is 0. The summed E-state index contributed by atoms with van der Waals surface area (Å²) in [6, 6.07) is 3.91. The average molecular weight is 421 g/mol. The van der Waals surface area contributed by atoms with Crippen LogP contribution in [-0.2, 0) is 6.54 Å². The highest BCUT2D eigenvalue weighted by Crippen LogP contribution is 2.38. The molecular weight excluding hydrogens is 397 g/mol. The molecule has 0 aromatic heterocycles. The van der Waals surface area contributed by atoms with Crippen LogP contribution in [0.15, 0.2) is 17.1 Å². The number of ether oxygens (including phenoxy) is 3. The summed E-state index contributed by atoms with van der Waals surface area (Å²) in [6.07, 6.45) is 0. The predicted molar refractivity (Wildman–Crippen MR) is 97.9 cm³/mol. The van der Waals surface area contributed by atoms with E-state index < -0.39 is 0 Å². The molecule has 0 aliphatic carbocycles. The van der Waals surface area contributed by atoms with Gasteiger partial charge in [-0.15, -0.1) is 24.0 Å². The quantitative estimate of drug-likeness (QED) is 0.714. The van der Waals surface area contributed by atoms with Gasteiger partial charge in [-0.05, 0) is 24.6 Å². The van der Waals surface area contributed by atoms with Crippen molar-refractivity contribution in [2.24, 2.45) is 4.99 Å². The maximum Gasteiger partial charge on any atom is 0.203 e. The number of nitrogens with one attached hydrogen (secondary N) is 1. The Morgan fingerprint density at radius 3 is 2.32 bits per heavy atom. The van der Waals surface area contributed by atoms with Gasteiger partial charge in [-0.25, -0.2) is 0 Å². The van der Waals surface area contributed by atoms with E-state index in [-0.39, 0.29) is 24.0 Å². The molecule has 22 heavy (non-hydrogen) atoms. The van der Waals surface area contributed by atoms with Crippen molar-refractivity contribution in [3.63, 3.8) is 0 Å². The average Bonchev–Trinajstić information content (AvgIpc) is 2.91. The van der Waals surface area contributed by atoms with Crippen LogP contribution in [0.5, 0.6) is 17.2 Å². The highest BCUT2D eigenvalue weighted by molar-refractivity contribution is 14.0. The second-order valence-corrected chi connectivity index (χ2v) is 4.74. The highest BCUT2D eigenvalue weighted by atomic mass is 127. The molecule has 0 amide bonds. The smallest absolute Gasteiger partial charge is 0.203 e. The van der Waals surface area contributed by atoms with Crippen LogP contribution in [0.1, 0.15) is 12.5 Å². The van der Waals surface area contributed by atoms with Crippen LogP contribution in [0.3, 0.4) is 0 Å². The maximum atomic E-state index is 5.60. The molecule has 1 aromatic rings. The number of methoxy groups -OCH3 is 2. The molecule has 0 saturated carbocycles. The molecule has 0 unspecified atom stereocenters. The summed E-state index contributed by atoms with van der Waals surface area (Å²) in [4.78, 5) is 6.51. The number of hydrogen-bond acceptors (Lipinski definition) is 6. The molecule has 0 fully saturated rings. The minimum absolute atomic E-state index is 0. The van der Waals surface area contributed by atoms with Gasteiger partial charge in [0.15, 0.2) is 17.5 Å². The van der Waals surface area contributed by atoms with Gasteiger partial charge < -0.3 is 24.4 Å². The zero-order valence-electron chi connectivity index (χ0n) is 13.5. The summed E-state index contributed by atoms with van der Waals surface area (Å²) in [5.74, 6) is 2.91. The van der Waals surface area contributed by atoms with Crippen molar-refractivity contribution in [2.75, 3.05) is 41.0 Å². The fourth-order valence-corrected chi connectivity index (χ4v) is 2.23. The number of aliphatic imine (C=N–C) groups is 1. The second kappa shape index (κ2) is 8.92. The topological polar surface area (TPSA) is 55.3 Å². The van der Waals surface area contributed by atoms with Gasteiger partial charge in [0.1, 0.15) is 0 Å². The maximum absolute atomic E-state index is 5.60. The van der Waals surface area contributed by atoms with E-state index in [0.29, 0.717) is 30.4 Å². The number of benzene rings is 1. The molecule has 124 valence electrons. The number of likely N-dealkylation sites (N-methyl/N-ethyl adjacent to an activating group) is 1. The Hall–Kier alpha value is -1.38. The number of rotatable bonds is 6. The Morgan fingerprint density at radius 2 is 1.86 bits per heavy atom. The third-order valence-electron chi connectivity index (χ3n) is 3.32. The van der Waals surface area contributed by atoms with Crippen molar-refractivity contribution in [1.82, 2.24) is 10.2 Å². The van der Waals surface area contributed by atoms with E-state index in [2.05, 4.69) is 15.2 Å². The van der Waals surface area contributed by atoms with E-state index in [9.17, 15) is 0 Å². The lowest BCUT2D eigenvalue weighted by Gasteiger charge is -2.18. The van der Waals surface area contributed by atoms with Crippen LogP contribution >= 0.6 is 24.0 Å². The standard InChI is InChI=1S/C15H23N3O3.HI/c1-5-21-14-12(19-3)8-11(9-13(14)20-4)10-17-15-16-6-7-18(15)2;/h8-9H,5-7,10H2,1-4H3,(H,16,17);1H. The van der Waals surface area contributed by atoms with Gasteiger partial charge in [0, 0.05) is 20.1 Å². The first-order valence-corrected chi connectivity index (χ1v) is 7.06. The lowest BCUT2D eigenvalue weighted by atomic mass is 10.2. The lowest BCUT2D eigenvalue weighted by Crippen LogP contribution is -2.35. The van der Waals surface area contributed by atoms with Crippen molar-refractivity contribution in [3.05, 3.63) is 17.7 Å². The molecule has 6 nitrogen and oxygen atoms in total. The Kier molecular flexibility index (Phi) is 7.57. The van der Waals surface area contributed by atoms with Gasteiger partial charge in [-0.1, -0.05) is 0 Å². The van der Waals surface area contributed by atoms with Gasteiger partial charge in [-0.3, -0.25) is 4.99 Å². The molecule has 1 heterocycles. The normalized spacial score (nSPS) is 13.3. The van der Waals surface area contributed by atoms with E-state index in [1.807, 2.05) is 26.1 Å². The van der Waals surface area contributed by atoms with Crippen LogP contribution in [0.4, 0.5) is 0 Å². The fourth-order valence-electron chi connectivity index (χ4n) is 2.23. The van der Waals surface area contributed by atoms with E-state index >= 15 is 0 Å². The summed E-state index contributed by atoms with van der Waals surface area (Å²) in [5.41, 5.74) is 1.05. The van der Waals surface area contributed by atoms with Crippen LogP contribution < -0.4 is 19.5 Å². The van der Waals surface area contributed by atoms with Gasteiger partial charge in [0.05, 0.1) is 27.4 Å². The first-order valence-electron chi connectivity index (χ1n) is 7.06. The third-order valence-corrected chi connectivity index (χ3v) is 3.32. The molecule has 0 bridgehead atoms. The fraction of sp³-hybridized carbons (Fsp3) is 0.533. The summed E-state index contributed by atoms with van der Waals surface area (Å²) in [6.45, 7) is 4.95. The molecule has 1 aliphatic heterocycles. The van der Waals surface area contributed by atoms with Crippen molar-refractivity contribution in [2.45, 2.75) is 13.5 Å². The van der Waals surface area contributed by atoms with E-state index in [1.165, 1.54) is 0 Å². The summed E-state index contributed by atoms with van der Waals surface area (Å²) in [7, 11) is 5.28. The largest absolute Gasteiger partial charge is 0.493 e. The van der Waals surface area contributed by atoms with Crippen molar-refractivity contribution >= 4 is 29.9 Å². The zero-order chi connectivity index (χ0) is 15.2. The minimum Gasteiger partial charge on any atom is -0.493 e. The Morgan fingerprint density at radius 1 is 1.23 bits per heavy atom. The first-order chi connectivity index (χ1) is 10.2. The van der Waals surface area contributed by atoms with Crippen molar-refractivity contribution in [3.8, 4) is 17.2 Å². The number of nitrogens with zero attached hydrogens (tertiary/aromatic N) is 2. The monoisotopic (exact) mass is 421 g/mol. The zero-order valence-corrected chi connectivity index (χ0v) is 15.8. The summed E-state index contributed by atoms with van der Waals surface area (Å²) in [5, 5.41) is 3.33. The molecular formula is C15H24IN3O3. The van der Waals surface area contributed by atoms with Crippen LogP contribution in [0.25, 0.3) is 0 Å². The molecule has 1 aliphatic rings. The van der Waals surface area contributed by atoms with Gasteiger partial charge in [0.2, 0.25) is 5.75 Å². The summed E-state index contributed by atoms with van der Waals surface area (Å²) < 4.78 is 16.4. The molecule has 1 N–H and O–H groups in total. The Labute approximate surface area is 148 Å². The van der Waals surface area contributed by atoms with E-state index in [0.717, 1.165) is 24.6 Å². The number of guanidine groups is 1. The van der Waals surface area contributed by atoms with Gasteiger partial charge in [-0.2, -0.15) is 0 Å². The van der Waals surface area contributed by atoms with Gasteiger partial charge >= 0.3 is 0 Å². The predicted octanol–water partition coefficient (Wildman–Crippen LogP) is 2.11. The van der Waals surface area contributed by atoms with Crippen molar-refractivity contribution in [1.29, 1.82) is 0 Å². The molecule has 0 radical (unpaired) electrons. The highest BCUT2D eigenvalue weighted by Gasteiger charge is 2.15. The van der Waals surface area contributed by atoms with Crippen LogP contribution in [0, 0.1) is 0 Å². The Bertz CT molecular complexity index is 498. The number of hydrogen-bond donors (Lipinski definition) is 1.